The smallest absolute Gasteiger partial charge is 0.493 e. The van der Waals surface area contributed by atoms with Gasteiger partial charge in [-0.3, -0.25) is 9.69 Å². The highest BCUT2D eigenvalue weighted by Gasteiger charge is 2.31. The van der Waals surface area contributed by atoms with Crippen molar-refractivity contribution in [1.82, 2.24) is 9.80 Å². The Labute approximate surface area is 181 Å². The van der Waals surface area contributed by atoms with Crippen molar-refractivity contribution >= 4 is 5.91 Å². The molecule has 6 nitrogen and oxygen atoms in total. The highest BCUT2D eigenvalue weighted by atomic mass is 19.4. The molecule has 0 unspecified atom stereocenters. The lowest BCUT2D eigenvalue weighted by Gasteiger charge is -2.35. The van der Waals surface area contributed by atoms with E-state index in [4.69, 9.17) is 4.74 Å². The number of methoxy groups -OCH3 is 1. The maximum Gasteiger partial charge on any atom is 0.573 e. The molecule has 2 aromatic rings. The van der Waals surface area contributed by atoms with Crippen molar-refractivity contribution in [3.63, 3.8) is 0 Å². The van der Waals surface area contributed by atoms with Crippen molar-refractivity contribution in [3.8, 4) is 17.2 Å². The van der Waals surface area contributed by atoms with Crippen molar-refractivity contribution in [2.24, 2.45) is 0 Å². The summed E-state index contributed by atoms with van der Waals surface area (Å²) < 4.78 is 74.9. The topological polar surface area (TPSA) is 51.2 Å². The lowest BCUT2D eigenvalue weighted by molar-refractivity contribution is -0.274. The molecule has 1 fully saturated rings. The number of piperazine rings is 1. The van der Waals surface area contributed by atoms with Gasteiger partial charge >= 0.3 is 13.0 Å². The summed E-state index contributed by atoms with van der Waals surface area (Å²) in [6, 6.07) is 9.67. The molecule has 0 radical (unpaired) electrons. The molecular formula is C21H21F5N2O4. The number of halogens is 5. The second-order valence-corrected chi connectivity index (χ2v) is 7.00. The van der Waals surface area contributed by atoms with Gasteiger partial charge in [-0.2, -0.15) is 8.78 Å². The number of hydrogen-bond acceptors (Lipinski definition) is 5. The molecule has 3 rings (SSSR count). The van der Waals surface area contributed by atoms with E-state index in [2.05, 4.69) is 14.4 Å². The van der Waals surface area contributed by atoms with E-state index in [0.29, 0.717) is 32.7 Å². The van der Waals surface area contributed by atoms with Crippen LogP contribution in [0.25, 0.3) is 0 Å². The molecular weight excluding hydrogens is 439 g/mol. The van der Waals surface area contributed by atoms with Gasteiger partial charge in [0.1, 0.15) is 5.75 Å². The molecule has 0 aromatic heterocycles. The average molecular weight is 460 g/mol. The Balaban J connectivity index is 1.54. The van der Waals surface area contributed by atoms with Crippen molar-refractivity contribution in [1.29, 1.82) is 0 Å². The van der Waals surface area contributed by atoms with Crippen LogP contribution < -0.4 is 14.2 Å². The number of nitrogens with zero attached hydrogens (tertiary/aromatic N) is 2. The zero-order valence-electron chi connectivity index (χ0n) is 17.1. The molecule has 1 aliphatic rings. The van der Waals surface area contributed by atoms with Crippen LogP contribution in [-0.2, 0) is 6.54 Å². The Kier molecular flexibility index (Phi) is 7.39. The maximum absolute atomic E-state index is 12.8. The molecule has 11 heteroatoms. The number of alkyl halides is 5. The van der Waals surface area contributed by atoms with Crippen LogP contribution in [0.2, 0.25) is 0 Å². The standard InChI is InChI=1S/C21H21F5N2O4/c1-30-18-12-15(4-7-17(18)31-20(22)23)19(29)28-10-8-27(9-11-28)13-14-2-5-16(6-3-14)32-21(24,25)26/h2-7,12,20H,8-11,13H2,1H3. The van der Waals surface area contributed by atoms with Crippen molar-refractivity contribution in [2.75, 3.05) is 33.3 Å². The largest absolute Gasteiger partial charge is 0.573 e. The molecule has 1 amide bonds. The molecule has 32 heavy (non-hydrogen) atoms. The van der Waals surface area contributed by atoms with E-state index < -0.39 is 13.0 Å². The molecule has 0 saturated carbocycles. The first-order valence-corrected chi connectivity index (χ1v) is 9.64. The summed E-state index contributed by atoms with van der Waals surface area (Å²) in [4.78, 5) is 16.5. The van der Waals surface area contributed by atoms with Crippen LogP contribution in [0, 0.1) is 0 Å². The number of benzene rings is 2. The van der Waals surface area contributed by atoms with E-state index >= 15 is 0 Å². The molecule has 0 bridgehead atoms. The van der Waals surface area contributed by atoms with E-state index in [9.17, 15) is 26.7 Å². The van der Waals surface area contributed by atoms with Crippen molar-refractivity contribution < 1.29 is 41.0 Å². The lowest BCUT2D eigenvalue weighted by atomic mass is 10.1. The summed E-state index contributed by atoms with van der Waals surface area (Å²) >= 11 is 0. The number of carbonyl (C=O) groups is 1. The second-order valence-electron chi connectivity index (χ2n) is 7.00. The van der Waals surface area contributed by atoms with Crippen LogP contribution in [0.5, 0.6) is 17.2 Å². The van der Waals surface area contributed by atoms with Gasteiger partial charge in [-0.1, -0.05) is 12.1 Å². The van der Waals surface area contributed by atoms with Crippen LogP contribution >= 0.6 is 0 Å². The second kappa shape index (κ2) is 10.0. The minimum absolute atomic E-state index is 0.0349. The summed E-state index contributed by atoms with van der Waals surface area (Å²) in [7, 11) is 1.29. The molecule has 0 aliphatic carbocycles. The zero-order chi connectivity index (χ0) is 23.3. The minimum Gasteiger partial charge on any atom is -0.493 e. The van der Waals surface area contributed by atoms with Gasteiger partial charge < -0.3 is 19.1 Å². The average Bonchev–Trinajstić information content (AvgIpc) is 2.74. The van der Waals surface area contributed by atoms with Crippen LogP contribution in [0.15, 0.2) is 42.5 Å². The van der Waals surface area contributed by atoms with Gasteiger partial charge in [0.2, 0.25) is 0 Å². The fraction of sp³-hybridized carbons (Fsp3) is 0.381. The fourth-order valence-electron chi connectivity index (χ4n) is 3.34. The summed E-state index contributed by atoms with van der Waals surface area (Å²) in [5.41, 5.74) is 1.11. The van der Waals surface area contributed by atoms with Gasteiger partial charge in [0.15, 0.2) is 11.5 Å². The molecule has 0 atom stereocenters. The monoisotopic (exact) mass is 460 g/mol. The molecule has 174 valence electrons. The first-order chi connectivity index (χ1) is 15.1. The third-order valence-electron chi connectivity index (χ3n) is 4.85. The number of carbonyl (C=O) groups excluding carboxylic acids is 1. The minimum atomic E-state index is -4.73. The normalized spacial score (nSPS) is 15.0. The molecule has 1 saturated heterocycles. The van der Waals surface area contributed by atoms with E-state index in [1.54, 1.807) is 17.0 Å². The Morgan fingerprint density at radius 1 is 1.00 bits per heavy atom. The Morgan fingerprint density at radius 2 is 1.66 bits per heavy atom. The predicted molar refractivity (Wildman–Crippen MR) is 104 cm³/mol. The molecule has 2 aromatic carbocycles. The maximum atomic E-state index is 12.8. The number of rotatable bonds is 7. The van der Waals surface area contributed by atoms with Gasteiger partial charge in [-0.15, -0.1) is 13.2 Å². The zero-order valence-corrected chi connectivity index (χ0v) is 17.1. The Morgan fingerprint density at radius 3 is 2.22 bits per heavy atom. The third-order valence-corrected chi connectivity index (χ3v) is 4.85. The van der Waals surface area contributed by atoms with Gasteiger partial charge in [0, 0.05) is 38.3 Å². The summed E-state index contributed by atoms with van der Waals surface area (Å²) in [5, 5.41) is 0. The van der Waals surface area contributed by atoms with Crippen LogP contribution in [-0.4, -0.2) is 62.0 Å². The molecule has 1 aliphatic heterocycles. The fourth-order valence-corrected chi connectivity index (χ4v) is 3.34. The highest BCUT2D eigenvalue weighted by molar-refractivity contribution is 5.95. The van der Waals surface area contributed by atoms with Crippen LogP contribution in [0.3, 0.4) is 0 Å². The Hall–Kier alpha value is -3.08. The quantitative estimate of drug-likeness (QED) is 0.581. The van der Waals surface area contributed by atoms with E-state index in [-0.39, 0.29) is 28.7 Å². The molecule has 0 N–H and O–H groups in total. The van der Waals surface area contributed by atoms with Crippen molar-refractivity contribution in [3.05, 3.63) is 53.6 Å². The SMILES string of the molecule is COc1cc(C(=O)N2CCN(Cc3ccc(OC(F)(F)F)cc3)CC2)ccc1OC(F)F. The summed E-state index contributed by atoms with van der Waals surface area (Å²) in [5.74, 6) is -0.666. The van der Waals surface area contributed by atoms with Crippen molar-refractivity contribution in [2.45, 2.75) is 19.5 Å². The summed E-state index contributed by atoms with van der Waals surface area (Å²) in [6.07, 6.45) is -4.73. The number of hydrogen-bond donors (Lipinski definition) is 0. The predicted octanol–water partition coefficient (Wildman–Crippen LogP) is 4.15. The van der Waals surface area contributed by atoms with Crippen LogP contribution in [0.1, 0.15) is 15.9 Å². The highest BCUT2D eigenvalue weighted by Crippen LogP contribution is 2.30. The summed E-state index contributed by atoms with van der Waals surface area (Å²) in [6.45, 7) is -0.488. The van der Waals surface area contributed by atoms with Gasteiger partial charge in [0.05, 0.1) is 7.11 Å². The molecule has 1 heterocycles. The number of ether oxygens (including phenoxy) is 3. The Bertz CT molecular complexity index is 913. The third kappa shape index (κ3) is 6.46. The van der Waals surface area contributed by atoms with E-state index in [1.165, 1.54) is 37.4 Å². The van der Waals surface area contributed by atoms with E-state index in [1.807, 2.05) is 0 Å². The van der Waals surface area contributed by atoms with Gasteiger partial charge in [-0.05, 0) is 35.9 Å². The molecule has 0 spiro atoms. The van der Waals surface area contributed by atoms with Gasteiger partial charge in [-0.25, -0.2) is 0 Å². The first-order valence-electron chi connectivity index (χ1n) is 9.64. The van der Waals surface area contributed by atoms with Crippen LogP contribution in [0.4, 0.5) is 22.0 Å². The van der Waals surface area contributed by atoms with Gasteiger partial charge in [0.25, 0.3) is 5.91 Å². The lowest BCUT2D eigenvalue weighted by Crippen LogP contribution is -2.48. The number of amides is 1. The van der Waals surface area contributed by atoms with E-state index in [0.717, 1.165) is 5.56 Å². The first kappa shape index (κ1) is 23.6.